The first-order chi connectivity index (χ1) is 9.87. The van der Waals surface area contributed by atoms with Gasteiger partial charge in [0.05, 0.1) is 6.54 Å². The van der Waals surface area contributed by atoms with Crippen molar-refractivity contribution in [3.8, 4) is 12.3 Å². The Labute approximate surface area is 122 Å². The molecule has 21 heavy (non-hydrogen) atoms. The molecule has 114 valence electrons. The molecule has 8 heteroatoms. The van der Waals surface area contributed by atoms with Crippen LogP contribution in [0.15, 0.2) is 17.0 Å². The zero-order valence-electron chi connectivity index (χ0n) is 11.2. The molecule has 2 N–H and O–H groups in total. The summed E-state index contributed by atoms with van der Waals surface area (Å²) in [5, 5.41) is 0. The number of hydrogen-bond donors (Lipinski definition) is 1. The summed E-state index contributed by atoms with van der Waals surface area (Å²) in [5.41, 5.74) is 4.42. The fourth-order valence-electron chi connectivity index (χ4n) is 2.14. The Balaban J connectivity index is 2.24. The first-order valence-electron chi connectivity index (χ1n) is 6.27. The van der Waals surface area contributed by atoms with Crippen molar-refractivity contribution in [2.45, 2.75) is 4.90 Å². The molecule has 0 unspecified atom stereocenters. The highest BCUT2D eigenvalue weighted by Gasteiger charge is 2.31. The Morgan fingerprint density at radius 3 is 2.43 bits per heavy atom. The van der Waals surface area contributed by atoms with E-state index in [1.807, 2.05) is 4.90 Å². The predicted molar refractivity (Wildman–Crippen MR) is 74.8 cm³/mol. The van der Waals surface area contributed by atoms with Crippen LogP contribution in [-0.2, 0) is 10.0 Å². The molecule has 1 fully saturated rings. The minimum Gasteiger partial charge on any atom is -0.394 e. The van der Waals surface area contributed by atoms with Crippen molar-refractivity contribution < 1.29 is 17.2 Å². The Kier molecular flexibility index (Phi) is 4.46. The van der Waals surface area contributed by atoms with E-state index in [2.05, 4.69) is 5.92 Å². The van der Waals surface area contributed by atoms with Crippen LogP contribution in [0.2, 0.25) is 0 Å². The Bertz CT molecular complexity index is 677. The molecule has 1 aromatic carbocycles. The van der Waals surface area contributed by atoms with Crippen LogP contribution in [0.3, 0.4) is 0 Å². The van der Waals surface area contributed by atoms with Crippen molar-refractivity contribution in [3.63, 3.8) is 0 Å². The second-order valence-electron chi connectivity index (χ2n) is 4.66. The molecular formula is C13H15F2N3O2S. The van der Waals surface area contributed by atoms with E-state index in [9.17, 15) is 17.2 Å². The molecule has 0 saturated carbocycles. The molecule has 2 rings (SSSR count). The average molecular weight is 315 g/mol. The topological polar surface area (TPSA) is 66.6 Å². The number of hydrogen-bond acceptors (Lipinski definition) is 4. The lowest BCUT2D eigenvalue weighted by Crippen LogP contribution is -2.48. The van der Waals surface area contributed by atoms with E-state index in [-0.39, 0.29) is 13.1 Å². The maximum Gasteiger partial charge on any atom is 0.246 e. The number of terminal acetylenes is 1. The lowest BCUT2D eigenvalue weighted by atomic mass is 10.3. The molecule has 0 amide bonds. The van der Waals surface area contributed by atoms with Crippen LogP contribution in [0.5, 0.6) is 0 Å². The highest BCUT2D eigenvalue weighted by Crippen LogP contribution is 2.26. The molecule has 1 saturated heterocycles. The summed E-state index contributed by atoms with van der Waals surface area (Å²) in [4.78, 5) is 1.31. The Hall–Kier alpha value is -1.69. The molecule has 0 radical (unpaired) electrons. The zero-order valence-corrected chi connectivity index (χ0v) is 12.0. The summed E-state index contributed by atoms with van der Waals surface area (Å²) >= 11 is 0. The number of nitrogens with zero attached hydrogens (tertiary/aromatic N) is 2. The molecule has 0 aromatic heterocycles. The number of anilines is 1. The molecule has 1 aromatic rings. The van der Waals surface area contributed by atoms with E-state index in [1.54, 1.807) is 0 Å². The molecule has 1 aliphatic heterocycles. The standard InChI is InChI=1S/C13H15F2N3O2S/c1-2-5-17-6-8-18(9-7-17)21(19,20)11-4-3-10(14)13(16)12(11)15/h1,3-4H,5-9,16H2. The summed E-state index contributed by atoms with van der Waals surface area (Å²) < 4.78 is 52.9. The summed E-state index contributed by atoms with van der Waals surface area (Å²) in [5.74, 6) is 0.255. The predicted octanol–water partition coefficient (Wildman–Crippen LogP) is 0.486. The van der Waals surface area contributed by atoms with Crippen LogP contribution >= 0.6 is 0 Å². The van der Waals surface area contributed by atoms with Gasteiger partial charge in [-0.1, -0.05) is 5.92 Å². The summed E-state index contributed by atoms with van der Waals surface area (Å²) in [6, 6.07) is 1.74. The Morgan fingerprint density at radius 1 is 1.24 bits per heavy atom. The number of halogens is 2. The summed E-state index contributed by atoms with van der Waals surface area (Å²) in [7, 11) is -4.04. The van der Waals surface area contributed by atoms with Gasteiger partial charge in [0.2, 0.25) is 10.0 Å². The maximum atomic E-state index is 13.9. The highest BCUT2D eigenvalue weighted by atomic mass is 32.2. The van der Waals surface area contributed by atoms with E-state index >= 15 is 0 Å². The molecule has 0 aliphatic carbocycles. The van der Waals surface area contributed by atoms with Crippen molar-refractivity contribution in [2.75, 3.05) is 38.5 Å². The van der Waals surface area contributed by atoms with Crippen molar-refractivity contribution in [1.29, 1.82) is 0 Å². The molecule has 1 aliphatic rings. The zero-order chi connectivity index (χ0) is 15.6. The van der Waals surface area contributed by atoms with Gasteiger partial charge in [0.1, 0.15) is 16.4 Å². The summed E-state index contributed by atoms with van der Waals surface area (Å²) in [6.07, 6.45) is 5.20. The van der Waals surface area contributed by atoms with Gasteiger partial charge < -0.3 is 5.73 Å². The second-order valence-corrected chi connectivity index (χ2v) is 6.56. The van der Waals surface area contributed by atoms with Gasteiger partial charge in [0.15, 0.2) is 5.82 Å². The van der Waals surface area contributed by atoms with Crippen molar-refractivity contribution in [1.82, 2.24) is 9.21 Å². The second kappa shape index (κ2) is 5.97. The SMILES string of the molecule is C#CCN1CCN(S(=O)(=O)c2ccc(F)c(N)c2F)CC1. The van der Waals surface area contributed by atoms with Crippen LogP contribution in [0.25, 0.3) is 0 Å². The minimum atomic E-state index is -4.04. The number of benzene rings is 1. The number of rotatable bonds is 3. The van der Waals surface area contributed by atoms with Gasteiger partial charge in [0.25, 0.3) is 0 Å². The third-order valence-corrected chi connectivity index (χ3v) is 5.27. The van der Waals surface area contributed by atoms with Gasteiger partial charge in [-0.2, -0.15) is 4.31 Å². The van der Waals surface area contributed by atoms with Gasteiger partial charge in [-0.15, -0.1) is 6.42 Å². The number of sulfonamides is 1. The third-order valence-electron chi connectivity index (χ3n) is 3.36. The lowest BCUT2D eigenvalue weighted by molar-refractivity contribution is 0.206. The van der Waals surface area contributed by atoms with Crippen molar-refractivity contribution in [3.05, 3.63) is 23.8 Å². The van der Waals surface area contributed by atoms with Gasteiger partial charge in [0, 0.05) is 26.2 Å². The fraction of sp³-hybridized carbons (Fsp3) is 0.385. The van der Waals surface area contributed by atoms with Gasteiger partial charge in [-0.25, -0.2) is 17.2 Å². The van der Waals surface area contributed by atoms with E-state index in [4.69, 9.17) is 12.2 Å². The fourth-order valence-corrected chi connectivity index (χ4v) is 3.64. The maximum absolute atomic E-state index is 13.9. The third kappa shape index (κ3) is 3.00. The molecule has 1 heterocycles. The first kappa shape index (κ1) is 15.7. The summed E-state index contributed by atoms with van der Waals surface area (Å²) in [6.45, 7) is 1.75. The molecule has 0 bridgehead atoms. The van der Waals surface area contributed by atoms with E-state index in [0.29, 0.717) is 19.6 Å². The normalized spacial score (nSPS) is 17.6. The van der Waals surface area contributed by atoms with E-state index in [1.165, 1.54) is 0 Å². The average Bonchev–Trinajstić information content (AvgIpc) is 2.45. The lowest BCUT2D eigenvalue weighted by Gasteiger charge is -2.32. The number of nitrogen functional groups attached to an aromatic ring is 1. The van der Waals surface area contributed by atoms with Crippen molar-refractivity contribution >= 4 is 15.7 Å². The van der Waals surface area contributed by atoms with E-state index in [0.717, 1.165) is 16.4 Å². The first-order valence-corrected chi connectivity index (χ1v) is 7.71. The van der Waals surface area contributed by atoms with Crippen LogP contribution in [0.1, 0.15) is 0 Å². The van der Waals surface area contributed by atoms with Gasteiger partial charge in [-0.05, 0) is 12.1 Å². The molecule has 5 nitrogen and oxygen atoms in total. The molecule has 0 spiro atoms. The monoisotopic (exact) mass is 315 g/mol. The van der Waals surface area contributed by atoms with Gasteiger partial charge >= 0.3 is 0 Å². The molecular weight excluding hydrogens is 300 g/mol. The number of nitrogens with two attached hydrogens (primary N) is 1. The highest BCUT2D eigenvalue weighted by molar-refractivity contribution is 7.89. The molecule has 0 atom stereocenters. The quantitative estimate of drug-likeness (QED) is 0.651. The van der Waals surface area contributed by atoms with Gasteiger partial charge in [-0.3, -0.25) is 4.90 Å². The van der Waals surface area contributed by atoms with Crippen LogP contribution in [0.4, 0.5) is 14.5 Å². The van der Waals surface area contributed by atoms with Crippen LogP contribution < -0.4 is 5.73 Å². The smallest absolute Gasteiger partial charge is 0.246 e. The van der Waals surface area contributed by atoms with Crippen LogP contribution in [0, 0.1) is 24.0 Å². The van der Waals surface area contributed by atoms with Crippen LogP contribution in [-0.4, -0.2) is 50.3 Å². The Morgan fingerprint density at radius 2 is 1.86 bits per heavy atom. The number of piperazine rings is 1. The van der Waals surface area contributed by atoms with Crippen molar-refractivity contribution in [2.24, 2.45) is 0 Å². The van der Waals surface area contributed by atoms with E-state index < -0.39 is 32.2 Å². The largest absolute Gasteiger partial charge is 0.394 e. The minimum absolute atomic E-state index is 0.195.